The molecule has 1 unspecified atom stereocenters. The maximum absolute atomic E-state index is 12.2. The van der Waals surface area contributed by atoms with Crippen LogP contribution in [0.2, 0.25) is 0 Å². The van der Waals surface area contributed by atoms with Gasteiger partial charge in [0.15, 0.2) is 0 Å². The van der Waals surface area contributed by atoms with Gasteiger partial charge in [0, 0.05) is 6.42 Å². The van der Waals surface area contributed by atoms with E-state index >= 15 is 0 Å². The highest BCUT2D eigenvalue weighted by Gasteiger charge is 2.48. The van der Waals surface area contributed by atoms with Crippen LogP contribution in [0.1, 0.15) is 54.4 Å². The molecule has 0 saturated carbocycles. The van der Waals surface area contributed by atoms with Crippen LogP contribution in [0.3, 0.4) is 0 Å². The average Bonchev–Trinajstić information content (AvgIpc) is 2.56. The first kappa shape index (κ1) is 15.7. The lowest BCUT2D eigenvalue weighted by Crippen LogP contribution is -2.39. The van der Waals surface area contributed by atoms with Gasteiger partial charge in [0.05, 0.1) is 11.3 Å². The van der Waals surface area contributed by atoms with Gasteiger partial charge in [0.25, 0.3) is 11.8 Å². The molecule has 1 rings (SSSR count). The van der Waals surface area contributed by atoms with Crippen LogP contribution in [0.5, 0.6) is 0 Å². The predicted molar refractivity (Wildman–Crippen MR) is 69.6 cm³/mol. The third-order valence-corrected chi connectivity index (χ3v) is 3.74. The van der Waals surface area contributed by atoms with E-state index in [4.69, 9.17) is 4.84 Å². The Morgan fingerprint density at radius 2 is 1.79 bits per heavy atom. The van der Waals surface area contributed by atoms with Gasteiger partial charge in [-0.1, -0.05) is 27.2 Å². The van der Waals surface area contributed by atoms with E-state index in [9.17, 15) is 14.4 Å². The Labute approximate surface area is 114 Å². The normalized spacial score (nSPS) is 20.9. The molecule has 0 aromatic carbocycles. The van der Waals surface area contributed by atoms with Crippen molar-refractivity contribution in [3.05, 3.63) is 0 Å². The summed E-state index contributed by atoms with van der Waals surface area (Å²) in [5.74, 6) is -1.84. The van der Waals surface area contributed by atoms with Crippen LogP contribution < -0.4 is 0 Å². The van der Waals surface area contributed by atoms with Gasteiger partial charge < -0.3 is 4.84 Å². The summed E-state index contributed by atoms with van der Waals surface area (Å²) in [7, 11) is 0. The molecule has 0 aromatic heterocycles. The SMILES string of the molecule is CCC(C)(C)C1CC(=O)N(OC(=O)C(C)(C)C)C1=O. The van der Waals surface area contributed by atoms with Gasteiger partial charge in [0.2, 0.25) is 0 Å². The first-order valence-electron chi connectivity index (χ1n) is 6.60. The fourth-order valence-electron chi connectivity index (χ4n) is 1.78. The summed E-state index contributed by atoms with van der Waals surface area (Å²) < 4.78 is 0. The molecule has 0 spiro atoms. The Morgan fingerprint density at radius 1 is 1.26 bits per heavy atom. The lowest BCUT2D eigenvalue weighted by Gasteiger charge is -2.28. The molecule has 0 aromatic rings. The molecule has 108 valence electrons. The number of amides is 2. The monoisotopic (exact) mass is 269 g/mol. The summed E-state index contributed by atoms with van der Waals surface area (Å²) in [6, 6.07) is 0. The molecule has 19 heavy (non-hydrogen) atoms. The number of hydrogen-bond acceptors (Lipinski definition) is 4. The molecule has 0 radical (unpaired) electrons. The van der Waals surface area contributed by atoms with Crippen molar-refractivity contribution in [2.75, 3.05) is 0 Å². The van der Waals surface area contributed by atoms with Crippen LogP contribution in [-0.4, -0.2) is 22.8 Å². The molecule has 2 amide bonds. The molecule has 5 nitrogen and oxygen atoms in total. The quantitative estimate of drug-likeness (QED) is 0.737. The molecule has 0 N–H and O–H groups in total. The van der Waals surface area contributed by atoms with Crippen molar-refractivity contribution in [1.82, 2.24) is 5.06 Å². The van der Waals surface area contributed by atoms with E-state index in [-0.39, 0.29) is 11.8 Å². The number of hydroxylamine groups is 2. The summed E-state index contributed by atoms with van der Waals surface area (Å²) in [5.41, 5.74) is -1.03. The second-order valence-corrected chi connectivity index (χ2v) is 6.75. The summed E-state index contributed by atoms with van der Waals surface area (Å²) in [5, 5.41) is 0.648. The summed E-state index contributed by atoms with van der Waals surface area (Å²) >= 11 is 0. The molecule has 0 bridgehead atoms. The van der Waals surface area contributed by atoms with Crippen LogP contribution in [0.15, 0.2) is 0 Å². The zero-order valence-corrected chi connectivity index (χ0v) is 12.6. The van der Waals surface area contributed by atoms with Crippen molar-refractivity contribution in [3.8, 4) is 0 Å². The molecule has 0 aliphatic carbocycles. The van der Waals surface area contributed by atoms with E-state index in [1.807, 2.05) is 20.8 Å². The number of hydrogen-bond donors (Lipinski definition) is 0. The van der Waals surface area contributed by atoms with Crippen molar-refractivity contribution >= 4 is 17.8 Å². The standard InChI is InChI=1S/C14H23NO4/c1-7-14(5,6)9-8-10(16)15(11(9)17)19-12(18)13(2,3)4/h9H,7-8H2,1-6H3. The predicted octanol–water partition coefficient (Wildman–Crippen LogP) is 2.30. The van der Waals surface area contributed by atoms with E-state index < -0.39 is 29.1 Å². The van der Waals surface area contributed by atoms with Crippen LogP contribution >= 0.6 is 0 Å². The van der Waals surface area contributed by atoms with Gasteiger partial charge >= 0.3 is 5.97 Å². The molecule has 1 aliphatic rings. The summed E-state index contributed by atoms with van der Waals surface area (Å²) in [4.78, 5) is 40.8. The first-order chi connectivity index (χ1) is 8.50. The topological polar surface area (TPSA) is 63.7 Å². The van der Waals surface area contributed by atoms with Gasteiger partial charge in [-0.05, 0) is 26.2 Å². The minimum Gasteiger partial charge on any atom is -0.330 e. The van der Waals surface area contributed by atoms with Crippen LogP contribution in [0.4, 0.5) is 0 Å². The number of imide groups is 1. The van der Waals surface area contributed by atoms with Gasteiger partial charge in [-0.2, -0.15) is 0 Å². The molecule has 1 heterocycles. The maximum atomic E-state index is 12.2. The second-order valence-electron chi connectivity index (χ2n) is 6.75. The molecule has 5 heteroatoms. The highest BCUT2D eigenvalue weighted by atomic mass is 16.7. The zero-order chi connectivity index (χ0) is 15.0. The van der Waals surface area contributed by atoms with Crippen molar-refractivity contribution in [2.45, 2.75) is 54.4 Å². The average molecular weight is 269 g/mol. The van der Waals surface area contributed by atoms with E-state index in [0.29, 0.717) is 5.06 Å². The minimum absolute atomic E-state index is 0.108. The van der Waals surface area contributed by atoms with Crippen molar-refractivity contribution in [1.29, 1.82) is 0 Å². The fourth-order valence-corrected chi connectivity index (χ4v) is 1.78. The number of carbonyl (C=O) groups is 3. The highest BCUT2D eigenvalue weighted by molar-refractivity contribution is 6.03. The smallest absolute Gasteiger partial charge is 0.330 e. The summed E-state index contributed by atoms with van der Waals surface area (Å²) in [6.45, 7) is 10.9. The van der Waals surface area contributed by atoms with Crippen molar-refractivity contribution in [3.63, 3.8) is 0 Å². The number of rotatable bonds is 3. The lowest BCUT2D eigenvalue weighted by atomic mass is 9.76. The Balaban J connectivity index is 2.86. The molecule has 1 atom stereocenters. The largest absolute Gasteiger partial charge is 0.338 e. The maximum Gasteiger partial charge on any atom is 0.338 e. The van der Waals surface area contributed by atoms with Crippen molar-refractivity contribution < 1.29 is 19.2 Å². The van der Waals surface area contributed by atoms with Gasteiger partial charge in [-0.15, -0.1) is 5.06 Å². The fraction of sp³-hybridized carbons (Fsp3) is 0.786. The van der Waals surface area contributed by atoms with E-state index in [0.717, 1.165) is 6.42 Å². The van der Waals surface area contributed by atoms with Gasteiger partial charge in [-0.25, -0.2) is 4.79 Å². The van der Waals surface area contributed by atoms with Gasteiger partial charge in [-0.3, -0.25) is 9.59 Å². The minimum atomic E-state index is -0.751. The molecular formula is C14H23NO4. The Hall–Kier alpha value is -1.39. The Morgan fingerprint density at radius 3 is 2.21 bits per heavy atom. The number of nitrogens with zero attached hydrogens (tertiary/aromatic N) is 1. The van der Waals surface area contributed by atoms with Crippen molar-refractivity contribution in [2.24, 2.45) is 16.7 Å². The Bertz CT molecular complexity index is 406. The molecule has 1 aliphatic heterocycles. The lowest BCUT2D eigenvalue weighted by molar-refractivity contribution is -0.204. The van der Waals surface area contributed by atoms with E-state index in [2.05, 4.69) is 0 Å². The highest BCUT2D eigenvalue weighted by Crippen LogP contribution is 2.38. The summed E-state index contributed by atoms with van der Waals surface area (Å²) in [6.07, 6.45) is 0.884. The van der Waals surface area contributed by atoms with Crippen LogP contribution in [0, 0.1) is 16.7 Å². The first-order valence-corrected chi connectivity index (χ1v) is 6.60. The molecule has 1 fully saturated rings. The Kier molecular flexibility index (Phi) is 4.08. The van der Waals surface area contributed by atoms with E-state index in [1.165, 1.54) is 0 Å². The molecular weight excluding hydrogens is 246 g/mol. The number of carbonyl (C=O) groups excluding carboxylic acids is 3. The molecule has 1 saturated heterocycles. The third-order valence-electron chi connectivity index (χ3n) is 3.74. The van der Waals surface area contributed by atoms with E-state index in [1.54, 1.807) is 20.8 Å². The van der Waals surface area contributed by atoms with Gasteiger partial charge in [0.1, 0.15) is 0 Å². The zero-order valence-electron chi connectivity index (χ0n) is 12.6. The second kappa shape index (κ2) is 4.94. The van der Waals surface area contributed by atoms with Crippen LogP contribution in [-0.2, 0) is 19.2 Å². The third kappa shape index (κ3) is 3.14. The van der Waals surface area contributed by atoms with Crippen LogP contribution in [0.25, 0.3) is 0 Å².